The molecule has 0 aliphatic heterocycles. The molecule has 0 unspecified atom stereocenters. The zero-order valence-electron chi connectivity index (χ0n) is 11.3. The number of hydrogen-bond donors (Lipinski definition) is 0. The molecular formula is C16H20O2. The summed E-state index contributed by atoms with van der Waals surface area (Å²) < 4.78 is 5.59. The van der Waals surface area contributed by atoms with E-state index in [4.69, 9.17) is 4.42 Å². The van der Waals surface area contributed by atoms with Gasteiger partial charge in [0.05, 0.1) is 0 Å². The minimum Gasteiger partial charge on any atom is -0.453 e. The molecule has 0 fully saturated rings. The highest BCUT2D eigenvalue weighted by molar-refractivity contribution is 5.97. The van der Waals surface area contributed by atoms with Crippen LogP contribution in [0.15, 0.2) is 28.7 Å². The summed E-state index contributed by atoms with van der Waals surface area (Å²) in [5.41, 5.74) is 1.98. The average molecular weight is 244 g/mol. The first-order valence-corrected chi connectivity index (χ1v) is 6.59. The number of fused-ring (bicyclic) bond motifs is 1. The van der Waals surface area contributed by atoms with Crippen molar-refractivity contribution < 1.29 is 9.21 Å². The Bertz CT molecular complexity index is 549. The molecule has 96 valence electrons. The molecule has 2 rings (SSSR count). The molecule has 0 atom stereocenters. The monoisotopic (exact) mass is 244 g/mol. The van der Waals surface area contributed by atoms with Crippen LogP contribution < -0.4 is 0 Å². The van der Waals surface area contributed by atoms with Gasteiger partial charge in [0, 0.05) is 11.8 Å². The third-order valence-electron chi connectivity index (χ3n) is 3.13. The van der Waals surface area contributed by atoms with Crippen LogP contribution in [0.5, 0.6) is 0 Å². The SMILES string of the molecule is Cc1ccc2oc(C(=O)CCCC(C)C)cc2c1. The Hall–Kier alpha value is -1.57. The molecular weight excluding hydrogens is 224 g/mol. The van der Waals surface area contributed by atoms with Gasteiger partial charge in [0.15, 0.2) is 11.5 Å². The van der Waals surface area contributed by atoms with E-state index >= 15 is 0 Å². The summed E-state index contributed by atoms with van der Waals surface area (Å²) >= 11 is 0. The first-order valence-electron chi connectivity index (χ1n) is 6.59. The highest BCUT2D eigenvalue weighted by Gasteiger charge is 2.12. The van der Waals surface area contributed by atoms with Crippen LogP contribution in [0, 0.1) is 12.8 Å². The van der Waals surface area contributed by atoms with E-state index in [2.05, 4.69) is 13.8 Å². The van der Waals surface area contributed by atoms with Gasteiger partial charge < -0.3 is 4.42 Å². The molecule has 0 N–H and O–H groups in total. The van der Waals surface area contributed by atoms with E-state index in [1.54, 1.807) is 0 Å². The van der Waals surface area contributed by atoms with Crippen LogP contribution in [0.2, 0.25) is 0 Å². The van der Waals surface area contributed by atoms with Gasteiger partial charge in [-0.2, -0.15) is 0 Å². The molecule has 0 spiro atoms. The largest absolute Gasteiger partial charge is 0.453 e. The highest BCUT2D eigenvalue weighted by atomic mass is 16.3. The van der Waals surface area contributed by atoms with Crippen LogP contribution in [-0.4, -0.2) is 5.78 Å². The predicted octanol–water partition coefficient (Wildman–Crippen LogP) is 4.75. The quantitative estimate of drug-likeness (QED) is 0.710. The van der Waals surface area contributed by atoms with E-state index < -0.39 is 0 Å². The smallest absolute Gasteiger partial charge is 0.198 e. The van der Waals surface area contributed by atoms with Gasteiger partial charge in [0.1, 0.15) is 5.58 Å². The maximum atomic E-state index is 12.0. The van der Waals surface area contributed by atoms with E-state index in [9.17, 15) is 4.79 Å². The minimum atomic E-state index is 0.115. The molecule has 2 aromatic rings. The van der Waals surface area contributed by atoms with Crippen molar-refractivity contribution in [3.8, 4) is 0 Å². The lowest BCUT2D eigenvalue weighted by molar-refractivity contribution is 0.0953. The van der Waals surface area contributed by atoms with Gasteiger partial charge in [-0.15, -0.1) is 0 Å². The van der Waals surface area contributed by atoms with Gasteiger partial charge in [-0.05, 0) is 37.5 Å². The molecule has 0 amide bonds. The van der Waals surface area contributed by atoms with Crippen molar-refractivity contribution in [1.29, 1.82) is 0 Å². The summed E-state index contributed by atoms with van der Waals surface area (Å²) in [6.45, 7) is 6.39. The van der Waals surface area contributed by atoms with Crippen LogP contribution in [0.25, 0.3) is 11.0 Å². The molecule has 0 saturated heterocycles. The van der Waals surface area contributed by atoms with Crippen molar-refractivity contribution >= 4 is 16.8 Å². The Morgan fingerprint density at radius 3 is 2.78 bits per heavy atom. The summed E-state index contributed by atoms with van der Waals surface area (Å²) in [7, 11) is 0. The molecule has 2 nitrogen and oxygen atoms in total. The molecule has 18 heavy (non-hydrogen) atoms. The molecule has 1 heterocycles. The maximum absolute atomic E-state index is 12.0. The lowest BCUT2D eigenvalue weighted by Crippen LogP contribution is -1.98. The number of rotatable bonds is 5. The Morgan fingerprint density at radius 1 is 1.28 bits per heavy atom. The third-order valence-corrected chi connectivity index (χ3v) is 3.13. The predicted molar refractivity (Wildman–Crippen MR) is 74.0 cm³/mol. The van der Waals surface area contributed by atoms with Crippen LogP contribution >= 0.6 is 0 Å². The van der Waals surface area contributed by atoms with Crippen molar-refractivity contribution in [2.24, 2.45) is 5.92 Å². The standard InChI is InChI=1S/C16H20O2/c1-11(2)5-4-6-14(17)16-10-13-9-12(3)7-8-15(13)18-16/h7-11H,4-6H2,1-3H3. The molecule has 0 bridgehead atoms. The second-order valence-electron chi connectivity index (χ2n) is 5.36. The molecule has 0 saturated carbocycles. The Kier molecular flexibility index (Phi) is 3.85. The molecule has 0 aliphatic rings. The van der Waals surface area contributed by atoms with Crippen molar-refractivity contribution in [3.63, 3.8) is 0 Å². The molecule has 0 radical (unpaired) electrons. The number of hydrogen-bond acceptors (Lipinski definition) is 2. The maximum Gasteiger partial charge on any atom is 0.198 e. The number of Topliss-reactive ketones (excluding diaryl/α,β-unsaturated/α-hetero) is 1. The van der Waals surface area contributed by atoms with Crippen molar-refractivity contribution in [3.05, 3.63) is 35.6 Å². The lowest BCUT2D eigenvalue weighted by Gasteiger charge is -2.01. The number of aryl methyl sites for hydroxylation is 1. The second kappa shape index (κ2) is 5.38. The van der Waals surface area contributed by atoms with Gasteiger partial charge in [0.2, 0.25) is 0 Å². The summed E-state index contributed by atoms with van der Waals surface area (Å²) in [6.07, 6.45) is 2.61. The Morgan fingerprint density at radius 2 is 2.06 bits per heavy atom. The molecule has 1 aromatic heterocycles. The van der Waals surface area contributed by atoms with Crippen LogP contribution in [0.4, 0.5) is 0 Å². The normalized spacial score (nSPS) is 11.3. The molecule has 1 aromatic carbocycles. The topological polar surface area (TPSA) is 30.2 Å². The van der Waals surface area contributed by atoms with Crippen molar-refractivity contribution in [1.82, 2.24) is 0 Å². The number of benzene rings is 1. The number of carbonyl (C=O) groups is 1. The van der Waals surface area contributed by atoms with Crippen molar-refractivity contribution in [2.45, 2.75) is 40.0 Å². The number of furan rings is 1. The van der Waals surface area contributed by atoms with Crippen LogP contribution in [0.3, 0.4) is 0 Å². The Labute approximate surface area is 108 Å². The van der Waals surface area contributed by atoms with Gasteiger partial charge in [-0.1, -0.05) is 31.9 Å². The average Bonchev–Trinajstić information content (AvgIpc) is 2.71. The summed E-state index contributed by atoms with van der Waals surface area (Å²) in [4.78, 5) is 12.0. The fourth-order valence-electron chi connectivity index (χ4n) is 2.09. The third kappa shape index (κ3) is 3.00. The lowest BCUT2D eigenvalue weighted by atomic mass is 10.0. The van der Waals surface area contributed by atoms with Gasteiger partial charge >= 0.3 is 0 Å². The summed E-state index contributed by atoms with van der Waals surface area (Å²) in [5.74, 6) is 1.26. The minimum absolute atomic E-state index is 0.115. The van der Waals surface area contributed by atoms with E-state index in [1.165, 1.54) is 5.56 Å². The Balaban J connectivity index is 2.08. The highest BCUT2D eigenvalue weighted by Crippen LogP contribution is 2.22. The van der Waals surface area contributed by atoms with E-state index in [0.29, 0.717) is 18.1 Å². The number of ketones is 1. The zero-order valence-corrected chi connectivity index (χ0v) is 11.3. The van der Waals surface area contributed by atoms with E-state index in [0.717, 1.165) is 23.8 Å². The van der Waals surface area contributed by atoms with Crippen molar-refractivity contribution in [2.75, 3.05) is 0 Å². The van der Waals surface area contributed by atoms with Crippen LogP contribution in [-0.2, 0) is 0 Å². The second-order valence-corrected chi connectivity index (χ2v) is 5.36. The fourth-order valence-corrected chi connectivity index (χ4v) is 2.09. The van der Waals surface area contributed by atoms with Gasteiger partial charge in [-0.25, -0.2) is 0 Å². The molecule has 2 heteroatoms. The van der Waals surface area contributed by atoms with Crippen LogP contribution in [0.1, 0.15) is 49.2 Å². The molecule has 0 aliphatic carbocycles. The van der Waals surface area contributed by atoms with Gasteiger partial charge in [0.25, 0.3) is 0 Å². The van der Waals surface area contributed by atoms with E-state index in [1.807, 2.05) is 31.2 Å². The first kappa shape index (κ1) is 12.9. The number of carbonyl (C=O) groups excluding carboxylic acids is 1. The van der Waals surface area contributed by atoms with Gasteiger partial charge in [-0.3, -0.25) is 4.79 Å². The summed E-state index contributed by atoms with van der Waals surface area (Å²) in [6, 6.07) is 7.83. The zero-order chi connectivity index (χ0) is 13.1. The fraction of sp³-hybridized carbons (Fsp3) is 0.438. The van der Waals surface area contributed by atoms with E-state index in [-0.39, 0.29) is 5.78 Å². The first-order chi connectivity index (χ1) is 8.56. The summed E-state index contributed by atoms with van der Waals surface area (Å²) in [5, 5.41) is 1.02.